The number of carbonyl (C=O) groups is 2. The second kappa shape index (κ2) is 9.82. The summed E-state index contributed by atoms with van der Waals surface area (Å²) < 4.78 is 11.3. The van der Waals surface area contributed by atoms with Gasteiger partial charge >= 0.3 is 0 Å². The normalized spacial score (nSPS) is 10.4. The molecule has 150 valence electrons. The summed E-state index contributed by atoms with van der Waals surface area (Å²) in [6, 6.07) is 16.4. The molecule has 0 saturated carbocycles. The second-order valence-corrected chi connectivity index (χ2v) is 7.58. The Bertz CT molecular complexity index is 1040. The fourth-order valence-electron chi connectivity index (χ4n) is 2.42. The highest BCUT2D eigenvalue weighted by molar-refractivity contribution is 9.10. The number of nitrogens with one attached hydrogen (secondary N) is 2. The fourth-order valence-corrected chi connectivity index (χ4v) is 3.79. The van der Waals surface area contributed by atoms with Crippen molar-refractivity contribution < 1.29 is 19.1 Å². The molecule has 0 saturated heterocycles. The third kappa shape index (κ3) is 6.00. The number of rotatable bonds is 6. The molecule has 0 heterocycles. The van der Waals surface area contributed by atoms with Crippen LogP contribution in [0.25, 0.3) is 10.8 Å². The topological polar surface area (TPSA) is 76.7 Å². The SMILES string of the molecule is O=C(COc1ccc2ccccc2c1)NNC(=O)COc1c(Cl)cc(Cl)cc1Br. The summed E-state index contributed by atoms with van der Waals surface area (Å²) in [6.45, 7) is -0.611. The number of hydrogen-bond donors (Lipinski definition) is 2. The van der Waals surface area contributed by atoms with Crippen molar-refractivity contribution in [3.63, 3.8) is 0 Å². The Morgan fingerprint density at radius 1 is 0.862 bits per heavy atom. The molecule has 0 fully saturated rings. The van der Waals surface area contributed by atoms with Crippen LogP contribution in [0.3, 0.4) is 0 Å². The van der Waals surface area contributed by atoms with Crippen molar-refractivity contribution in [3.05, 3.63) is 69.1 Å². The number of ether oxygens (including phenoxy) is 2. The van der Waals surface area contributed by atoms with Crippen LogP contribution < -0.4 is 20.3 Å². The summed E-state index contributed by atoms with van der Waals surface area (Å²) in [7, 11) is 0. The highest BCUT2D eigenvalue weighted by atomic mass is 79.9. The Kier molecular flexibility index (Phi) is 7.19. The lowest BCUT2D eigenvalue weighted by atomic mass is 10.1. The summed E-state index contributed by atoms with van der Waals surface area (Å²) in [5, 5.41) is 2.76. The van der Waals surface area contributed by atoms with Gasteiger partial charge in [-0.3, -0.25) is 20.4 Å². The average Bonchev–Trinajstić information content (AvgIpc) is 2.69. The van der Waals surface area contributed by atoms with Gasteiger partial charge in [-0.2, -0.15) is 0 Å². The zero-order valence-electron chi connectivity index (χ0n) is 14.9. The molecule has 3 aromatic carbocycles. The van der Waals surface area contributed by atoms with Crippen LogP contribution in [0.2, 0.25) is 10.0 Å². The Morgan fingerprint density at radius 3 is 2.21 bits per heavy atom. The average molecular weight is 498 g/mol. The van der Waals surface area contributed by atoms with Crippen molar-refractivity contribution in [2.45, 2.75) is 0 Å². The summed E-state index contributed by atoms with van der Waals surface area (Å²) in [5.74, 6) is -0.257. The fraction of sp³-hybridized carbons (Fsp3) is 0.100. The van der Waals surface area contributed by atoms with E-state index in [4.69, 9.17) is 32.7 Å². The van der Waals surface area contributed by atoms with E-state index in [9.17, 15) is 9.59 Å². The van der Waals surface area contributed by atoms with Gasteiger partial charge in [0.1, 0.15) is 5.75 Å². The van der Waals surface area contributed by atoms with Crippen LogP contribution >= 0.6 is 39.1 Å². The van der Waals surface area contributed by atoms with Crippen LogP contribution in [0.5, 0.6) is 11.5 Å². The van der Waals surface area contributed by atoms with Crippen LogP contribution in [0.4, 0.5) is 0 Å². The van der Waals surface area contributed by atoms with Gasteiger partial charge in [0.05, 0.1) is 9.50 Å². The molecule has 0 aromatic heterocycles. The van der Waals surface area contributed by atoms with E-state index in [1.165, 1.54) is 6.07 Å². The maximum Gasteiger partial charge on any atom is 0.276 e. The molecule has 6 nitrogen and oxygen atoms in total. The Morgan fingerprint density at radius 2 is 1.52 bits per heavy atom. The first-order valence-electron chi connectivity index (χ1n) is 8.39. The third-order valence-electron chi connectivity index (χ3n) is 3.74. The number of halogens is 3. The first-order valence-corrected chi connectivity index (χ1v) is 9.94. The van der Waals surface area contributed by atoms with Crippen molar-refractivity contribution in [1.29, 1.82) is 0 Å². The van der Waals surface area contributed by atoms with Gasteiger partial charge in [0, 0.05) is 5.02 Å². The highest BCUT2D eigenvalue weighted by Crippen LogP contribution is 2.35. The molecule has 0 aliphatic carbocycles. The molecule has 3 aromatic rings. The molecule has 0 aliphatic rings. The zero-order chi connectivity index (χ0) is 20.8. The van der Waals surface area contributed by atoms with E-state index in [1.807, 2.05) is 36.4 Å². The minimum atomic E-state index is -0.568. The molecule has 3 rings (SSSR count). The van der Waals surface area contributed by atoms with Crippen molar-refractivity contribution in [1.82, 2.24) is 10.9 Å². The molecule has 0 radical (unpaired) electrons. The lowest BCUT2D eigenvalue weighted by Gasteiger charge is -2.12. The minimum Gasteiger partial charge on any atom is -0.484 e. The van der Waals surface area contributed by atoms with Gasteiger partial charge in [-0.25, -0.2) is 0 Å². The van der Waals surface area contributed by atoms with Crippen LogP contribution in [0.15, 0.2) is 59.1 Å². The highest BCUT2D eigenvalue weighted by Gasteiger charge is 2.12. The molecule has 2 N–H and O–H groups in total. The van der Waals surface area contributed by atoms with Gasteiger partial charge in [0.2, 0.25) is 0 Å². The van der Waals surface area contributed by atoms with Crippen LogP contribution in [0.1, 0.15) is 0 Å². The molecular formula is C20H15BrCl2N2O4. The monoisotopic (exact) mass is 496 g/mol. The number of fused-ring (bicyclic) bond motifs is 1. The van der Waals surface area contributed by atoms with Crippen LogP contribution in [-0.2, 0) is 9.59 Å². The lowest BCUT2D eigenvalue weighted by Crippen LogP contribution is -2.45. The van der Waals surface area contributed by atoms with E-state index in [0.29, 0.717) is 15.2 Å². The molecule has 0 spiro atoms. The Hall–Kier alpha value is -2.48. The van der Waals surface area contributed by atoms with Crippen LogP contribution in [-0.4, -0.2) is 25.0 Å². The Balaban J connectivity index is 1.43. The molecule has 0 unspecified atom stereocenters. The molecule has 29 heavy (non-hydrogen) atoms. The van der Waals surface area contributed by atoms with E-state index in [-0.39, 0.29) is 24.0 Å². The van der Waals surface area contributed by atoms with E-state index in [2.05, 4.69) is 26.8 Å². The number of benzene rings is 3. The van der Waals surface area contributed by atoms with Crippen molar-refractivity contribution in [2.24, 2.45) is 0 Å². The minimum absolute atomic E-state index is 0.255. The largest absolute Gasteiger partial charge is 0.484 e. The van der Waals surface area contributed by atoms with Gasteiger partial charge in [-0.1, -0.05) is 53.5 Å². The third-order valence-corrected chi connectivity index (χ3v) is 4.83. The van der Waals surface area contributed by atoms with Crippen molar-refractivity contribution in [3.8, 4) is 11.5 Å². The molecule has 0 bridgehead atoms. The van der Waals surface area contributed by atoms with E-state index >= 15 is 0 Å². The molecule has 2 amide bonds. The van der Waals surface area contributed by atoms with Gasteiger partial charge in [0.25, 0.3) is 11.8 Å². The van der Waals surface area contributed by atoms with E-state index in [1.54, 1.807) is 12.1 Å². The number of hydrazine groups is 1. The Labute approximate surface area is 185 Å². The van der Waals surface area contributed by atoms with E-state index < -0.39 is 11.8 Å². The first-order chi connectivity index (χ1) is 13.9. The number of carbonyl (C=O) groups excluding carboxylic acids is 2. The van der Waals surface area contributed by atoms with Gasteiger partial charge in [0.15, 0.2) is 19.0 Å². The summed E-state index contributed by atoms with van der Waals surface area (Å²) in [5.41, 5.74) is 4.50. The summed E-state index contributed by atoms with van der Waals surface area (Å²) in [6.07, 6.45) is 0. The molecule has 0 aliphatic heterocycles. The zero-order valence-corrected chi connectivity index (χ0v) is 18.0. The van der Waals surface area contributed by atoms with Crippen molar-refractivity contribution in [2.75, 3.05) is 13.2 Å². The van der Waals surface area contributed by atoms with Gasteiger partial charge < -0.3 is 9.47 Å². The quantitative estimate of drug-likeness (QED) is 0.491. The van der Waals surface area contributed by atoms with Crippen LogP contribution in [0, 0.1) is 0 Å². The summed E-state index contributed by atoms with van der Waals surface area (Å²) >= 11 is 15.1. The first kappa shape index (κ1) is 21.2. The standard InChI is InChI=1S/C20H15BrCl2N2O4/c21-16-8-14(22)9-17(23)20(16)29-11-19(27)25-24-18(26)10-28-15-6-5-12-3-1-2-4-13(12)7-15/h1-9H,10-11H2,(H,24,26)(H,25,27). The summed E-state index contributed by atoms with van der Waals surface area (Å²) in [4.78, 5) is 23.7. The number of amides is 2. The predicted octanol–water partition coefficient (Wildman–Crippen LogP) is 4.51. The molecular weight excluding hydrogens is 483 g/mol. The van der Waals surface area contributed by atoms with E-state index in [0.717, 1.165) is 10.8 Å². The van der Waals surface area contributed by atoms with Crippen molar-refractivity contribution >= 4 is 61.7 Å². The maximum absolute atomic E-state index is 11.9. The van der Waals surface area contributed by atoms with Gasteiger partial charge in [-0.05, 0) is 51.0 Å². The second-order valence-electron chi connectivity index (χ2n) is 5.88. The smallest absolute Gasteiger partial charge is 0.276 e. The van der Waals surface area contributed by atoms with Gasteiger partial charge in [-0.15, -0.1) is 0 Å². The molecule has 9 heteroatoms. The maximum atomic E-state index is 11.9. The molecule has 0 atom stereocenters. The number of hydrogen-bond acceptors (Lipinski definition) is 4. The predicted molar refractivity (Wildman–Crippen MR) is 115 cm³/mol. The lowest BCUT2D eigenvalue weighted by molar-refractivity contribution is -0.131.